The lowest BCUT2D eigenvalue weighted by atomic mass is 10.1. The van der Waals surface area contributed by atoms with Crippen molar-refractivity contribution in [1.29, 1.82) is 0 Å². The van der Waals surface area contributed by atoms with Crippen molar-refractivity contribution in [2.45, 2.75) is 13.2 Å². The summed E-state index contributed by atoms with van der Waals surface area (Å²) in [5.74, 6) is -0.974. The number of nitrogens with zero attached hydrogens (tertiary/aromatic N) is 5. The molecule has 4 heterocycles. The van der Waals surface area contributed by atoms with Gasteiger partial charge >= 0.3 is 5.97 Å². The van der Waals surface area contributed by atoms with Crippen LogP contribution in [0.15, 0.2) is 55.1 Å². The molecule has 4 aromatic heterocycles. The number of aliphatic hydroxyl groups excluding tert-OH is 1. The molecule has 5 aromatic rings. The fraction of sp³-hybridized carbons (Fsp3) is 0.0909. The number of hydrogen-bond donors (Lipinski definition) is 2. The van der Waals surface area contributed by atoms with E-state index in [2.05, 4.69) is 10.1 Å². The molecule has 10 heteroatoms. The van der Waals surface area contributed by atoms with Crippen LogP contribution in [0.3, 0.4) is 0 Å². The smallest absolute Gasteiger partial charge is 0.325 e. The molecule has 0 saturated carbocycles. The van der Waals surface area contributed by atoms with Crippen LogP contribution in [-0.2, 0) is 17.9 Å². The Bertz CT molecular complexity index is 1490. The van der Waals surface area contributed by atoms with Crippen LogP contribution >= 0.6 is 23.2 Å². The first-order valence-corrected chi connectivity index (χ1v) is 10.3. The van der Waals surface area contributed by atoms with Gasteiger partial charge in [-0.15, -0.1) is 0 Å². The van der Waals surface area contributed by atoms with Crippen molar-refractivity contribution in [2.24, 2.45) is 0 Å². The van der Waals surface area contributed by atoms with Crippen molar-refractivity contribution in [2.75, 3.05) is 0 Å². The predicted octanol–water partition coefficient (Wildman–Crippen LogP) is 4.30. The first-order chi connectivity index (χ1) is 15.5. The number of aliphatic hydroxyl groups is 1. The number of carboxylic acids is 1. The molecule has 0 atom stereocenters. The van der Waals surface area contributed by atoms with Crippen molar-refractivity contribution >= 4 is 45.7 Å². The molecule has 32 heavy (non-hydrogen) atoms. The van der Waals surface area contributed by atoms with Crippen molar-refractivity contribution in [1.82, 2.24) is 24.1 Å². The van der Waals surface area contributed by atoms with Gasteiger partial charge in [0.25, 0.3) is 0 Å². The molecule has 2 N–H and O–H groups in total. The summed E-state index contributed by atoms with van der Waals surface area (Å²) >= 11 is 12.8. The predicted molar refractivity (Wildman–Crippen MR) is 121 cm³/mol. The molecule has 160 valence electrons. The maximum Gasteiger partial charge on any atom is 0.325 e. The average Bonchev–Trinajstić information content (AvgIpc) is 3.37. The SMILES string of the molecule is O=C(O)Cn1cc(-c2cnc3ccn4c(CO)c(-c5c(Cl)cccc5Cl)nc4c3c2)cn1. The summed E-state index contributed by atoms with van der Waals surface area (Å²) in [7, 11) is 0. The van der Waals surface area contributed by atoms with Gasteiger partial charge in [0.05, 0.1) is 39.8 Å². The quantitative estimate of drug-likeness (QED) is 0.399. The van der Waals surface area contributed by atoms with Crippen LogP contribution in [0.4, 0.5) is 0 Å². The van der Waals surface area contributed by atoms with Crippen LogP contribution in [0.2, 0.25) is 10.0 Å². The van der Waals surface area contributed by atoms with Crippen LogP contribution < -0.4 is 0 Å². The van der Waals surface area contributed by atoms with Gasteiger partial charge in [-0.1, -0.05) is 29.3 Å². The molecule has 0 unspecified atom stereocenters. The molecule has 5 rings (SSSR count). The molecular formula is C22H15Cl2N5O3. The average molecular weight is 468 g/mol. The number of aliphatic carboxylic acids is 1. The van der Waals surface area contributed by atoms with E-state index in [0.29, 0.717) is 38.2 Å². The number of benzene rings is 1. The molecule has 0 spiro atoms. The number of carbonyl (C=O) groups is 1. The number of imidazole rings is 1. The van der Waals surface area contributed by atoms with Gasteiger partial charge in [0, 0.05) is 40.7 Å². The minimum Gasteiger partial charge on any atom is -0.480 e. The second kappa shape index (κ2) is 7.90. The van der Waals surface area contributed by atoms with Crippen LogP contribution in [0, 0.1) is 0 Å². The molecule has 1 aromatic carbocycles. The molecule has 0 bridgehead atoms. The topological polar surface area (TPSA) is 106 Å². The molecule has 0 aliphatic rings. The summed E-state index contributed by atoms with van der Waals surface area (Å²) in [4.78, 5) is 20.2. The highest BCUT2D eigenvalue weighted by atomic mass is 35.5. The highest BCUT2D eigenvalue weighted by Crippen LogP contribution is 2.37. The number of pyridine rings is 2. The van der Waals surface area contributed by atoms with Crippen LogP contribution in [-0.4, -0.2) is 40.3 Å². The Morgan fingerprint density at radius 1 is 1.09 bits per heavy atom. The zero-order valence-electron chi connectivity index (χ0n) is 16.4. The first-order valence-electron chi connectivity index (χ1n) is 9.56. The zero-order valence-corrected chi connectivity index (χ0v) is 17.9. The summed E-state index contributed by atoms with van der Waals surface area (Å²) in [5.41, 5.74) is 4.39. The van der Waals surface area contributed by atoms with E-state index < -0.39 is 5.97 Å². The third-order valence-corrected chi connectivity index (χ3v) is 5.79. The fourth-order valence-corrected chi connectivity index (χ4v) is 4.30. The normalized spacial score (nSPS) is 11.5. The van der Waals surface area contributed by atoms with Crippen molar-refractivity contribution in [3.63, 3.8) is 0 Å². The lowest BCUT2D eigenvalue weighted by Crippen LogP contribution is -2.08. The number of aromatic nitrogens is 5. The Labute approximate surface area is 191 Å². The van der Waals surface area contributed by atoms with Gasteiger partial charge in [0.15, 0.2) is 0 Å². The van der Waals surface area contributed by atoms with Crippen molar-refractivity contribution in [3.05, 3.63) is 70.9 Å². The number of rotatable bonds is 5. The van der Waals surface area contributed by atoms with Gasteiger partial charge in [-0.25, -0.2) is 4.98 Å². The molecule has 8 nitrogen and oxygen atoms in total. The van der Waals surface area contributed by atoms with Gasteiger partial charge in [-0.3, -0.25) is 14.5 Å². The van der Waals surface area contributed by atoms with E-state index in [4.69, 9.17) is 33.3 Å². The number of carboxylic acid groups (broad SMARTS) is 1. The second-order valence-electron chi connectivity index (χ2n) is 7.15. The van der Waals surface area contributed by atoms with Gasteiger partial charge < -0.3 is 14.6 Å². The Kier molecular flexibility index (Phi) is 5.05. The van der Waals surface area contributed by atoms with E-state index in [-0.39, 0.29) is 13.2 Å². The number of fused-ring (bicyclic) bond motifs is 3. The fourth-order valence-electron chi connectivity index (χ4n) is 3.72. The van der Waals surface area contributed by atoms with Gasteiger partial charge in [0.1, 0.15) is 12.2 Å². The molecule has 0 amide bonds. The van der Waals surface area contributed by atoms with E-state index in [1.807, 2.05) is 12.1 Å². The Balaban J connectivity index is 1.72. The van der Waals surface area contributed by atoms with Gasteiger partial charge in [0.2, 0.25) is 0 Å². The van der Waals surface area contributed by atoms with E-state index in [1.54, 1.807) is 47.4 Å². The maximum atomic E-state index is 10.9. The number of halogens is 2. The van der Waals surface area contributed by atoms with Crippen LogP contribution in [0.1, 0.15) is 5.69 Å². The summed E-state index contributed by atoms with van der Waals surface area (Å²) < 4.78 is 3.13. The van der Waals surface area contributed by atoms with E-state index in [0.717, 1.165) is 16.5 Å². The van der Waals surface area contributed by atoms with Gasteiger partial charge in [-0.05, 0) is 24.3 Å². The lowest BCUT2D eigenvalue weighted by Gasteiger charge is -2.06. The van der Waals surface area contributed by atoms with E-state index >= 15 is 0 Å². The highest BCUT2D eigenvalue weighted by Gasteiger charge is 2.20. The molecule has 0 aliphatic heterocycles. The van der Waals surface area contributed by atoms with E-state index in [1.165, 1.54) is 4.68 Å². The molecular weight excluding hydrogens is 453 g/mol. The van der Waals surface area contributed by atoms with Crippen LogP contribution in [0.25, 0.3) is 38.9 Å². The molecule has 0 radical (unpaired) electrons. The Morgan fingerprint density at radius 2 is 1.88 bits per heavy atom. The maximum absolute atomic E-state index is 10.9. The van der Waals surface area contributed by atoms with Gasteiger partial charge in [-0.2, -0.15) is 5.10 Å². The van der Waals surface area contributed by atoms with Crippen molar-refractivity contribution < 1.29 is 15.0 Å². The highest BCUT2D eigenvalue weighted by molar-refractivity contribution is 6.39. The largest absolute Gasteiger partial charge is 0.480 e. The summed E-state index contributed by atoms with van der Waals surface area (Å²) in [6, 6.07) is 8.93. The second-order valence-corrected chi connectivity index (χ2v) is 7.96. The van der Waals surface area contributed by atoms with Crippen molar-refractivity contribution in [3.8, 4) is 22.4 Å². The number of hydrogen-bond acceptors (Lipinski definition) is 5. The standard InChI is InChI=1S/C22H15Cl2N5O3/c23-15-2-1-3-16(24)20(15)21-18(11-30)29-5-4-17-14(22(29)27-21)6-12(7-25-17)13-8-26-28(9-13)10-19(31)32/h1-9,30H,10-11H2,(H,31,32). The molecule has 0 aliphatic carbocycles. The van der Waals surface area contributed by atoms with E-state index in [9.17, 15) is 9.90 Å². The minimum absolute atomic E-state index is 0.229. The third-order valence-electron chi connectivity index (χ3n) is 5.16. The molecule has 0 fully saturated rings. The third kappa shape index (κ3) is 3.38. The summed E-state index contributed by atoms with van der Waals surface area (Å²) in [5, 5.41) is 24.8. The summed E-state index contributed by atoms with van der Waals surface area (Å²) in [6.07, 6.45) is 6.73. The minimum atomic E-state index is -0.974. The Morgan fingerprint density at radius 3 is 2.59 bits per heavy atom. The lowest BCUT2D eigenvalue weighted by molar-refractivity contribution is -0.137. The monoisotopic (exact) mass is 467 g/mol. The Hall–Kier alpha value is -3.46. The van der Waals surface area contributed by atoms with Crippen LogP contribution in [0.5, 0.6) is 0 Å². The zero-order chi connectivity index (χ0) is 22.4. The first kappa shape index (κ1) is 20.4. The molecule has 0 saturated heterocycles. The summed E-state index contributed by atoms with van der Waals surface area (Å²) in [6.45, 7) is -0.494.